The molecule has 1 amide bonds. The fourth-order valence-corrected chi connectivity index (χ4v) is 8.12. The lowest BCUT2D eigenvalue weighted by Crippen LogP contribution is -2.40. The Hall–Kier alpha value is -6.21. The number of hydrazone groups is 4. The van der Waals surface area contributed by atoms with Gasteiger partial charge >= 0.3 is 0 Å². The van der Waals surface area contributed by atoms with Crippen LogP contribution in [0, 0.1) is 0 Å². The Morgan fingerprint density at radius 3 is 1.01 bits per heavy atom. The number of carbonyl (C=O) groups is 1. The van der Waals surface area contributed by atoms with Gasteiger partial charge in [-0.15, -0.1) is 0 Å². The summed E-state index contributed by atoms with van der Waals surface area (Å²) < 4.78 is 0. The summed E-state index contributed by atoms with van der Waals surface area (Å²) in [6, 6.07) is 34.8. The molecule has 0 bridgehead atoms. The first kappa shape index (κ1) is 54.4. The maximum atomic E-state index is 12.0. The largest absolute Gasteiger partial charge is 0.366 e. The Balaban J connectivity index is 1.60. The summed E-state index contributed by atoms with van der Waals surface area (Å²) in [6.45, 7) is 20.1. The van der Waals surface area contributed by atoms with E-state index in [-0.39, 0.29) is 0 Å². The highest BCUT2D eigenvalue weighted by atomic mass is 32.1. The van der Waals surface area contributed by atoms with E-state index in [1.807, 2.05) is 89.2 Å². The Kier molecular flexibility index (Phi) is 23.1. The number of carbonyl (C=O) groups excluding carboxylic acids is 1. The van der Waals surface area contributed by atoms with E-state index in [2.05, 4.69) is 85.5 Å². The molecule has 4 rings (SSSR count). The van der Waals surface area contributed by atoms with Crippen LogP contribution < -0.4 is 27.4 Å². The maximum absolute atomic E-state index is 12.0. The Morgan fingerprint density at radius 2 is 0.706 bits per heavy atom. The molecule has 0 aliphatic heterocycles. The van der Waals surface area contributed by atoms with Gasteiger partial charge in [-0.2, -0.15) is 20.4 Å². The third-order valence-corrected chi connectivity index (χ3v) is 12.4. The predicted molar refractivity (Wildman–Crippen MR) is 298 cm³/mol. The summed E-state index contributed by atoms with van der Waals surface area (Å²) >= 11 is 23.1. The molecule has 360 valence electrons. The van der Waals surface area contributed by atoms with Crippen molar-refractivity contribution in [3.63, 3.8) is 0 Å². The number of nitrogens with one attached hydrogen (secondary N) is 4. The first-order chi connectivity index (χ1) is 32.9. The lowest BCUT2D eigenvalue weighted by molar-refractivity contribution is 0.1000. The van der Waals surface area contributed by atoms with E-state index in [1.165, 1.54) is 0 Å². The van der Waals surface area contributed by atoms with Crippen LogP contribution in [0.3, 0.4) is 0 Å². The molecule has 0 atom stereocenters. The van der Waals surface area contributed by atoms with Gasteiger partial charge in [-0.25, -0.2) is 0 Å². The zero-order valence-electron chi connectivity index (χ0n) is 40.2. The van der Waals surface area contributed by atoms with Crippen LogP contribution in [-0.2, 0) is 6.42 Å². The second-order valence-corrected chi connectivity index (χ2v) is 16.6. The van der Waals surface area contributed by atoms with E-state index in [9.17, 15) is 4.79 Å². The molecule has 0 spiro atoms. The average molecular weight is 992 g/mol. The van der Waals surface area contributed by atoms with Crippen LogP contribution in [0.15, 0.2) is 130 Å². The van der Waals surface area contributed by atoms with Crippen LogP contribution in [0.5, 0.6) is 0 Å². The van der Waals surface area contributed by atoms with E-state index >= 15 is 0 Å². The SMILES string of the molecule is CCN(CC)C(=S)N/N=C(/C(=N/NC(=S)N(CC)CC)c1ccc(CCCN(CC)C(=S)N/N=C(/C(=N/NC(=S)N(CC)CC)c2ccccc2)c2ccc(C(N)=O)cc2)cc1)c1ccccc1. The van der Waals surface area contributed by atoms with Crippen molar-refractivity contribution < 1.29 is 4.79 Å². The van der Waals surface area contributed by atoms with Crippen molar-refractivity contribution in [2.75, 3.05) is 52.4 Å². The number of thiocarbonyl (C=S) groups is 4. The van der Waals surface area contributed by atoms with Crippen LogP contribution >= 0.6 is 48.9 Å². The van der Waals surface area contributed by atoms with Crippen molar-refractivity contribution in [1.82, 2.24) is 41.3 Å². The summed E-state index contributed by atoms with van der Waals surface area (Å²) in [5.74, 6) is -0.527. The molecule has 0 saturated carbocycles. The van der Waals surface area contributed by atoms with Gasteiger partial charge in [-0.3, -0.25) is 26.5 Å². The summed E-state index contributed by atoms with van der Waals surface area (Å²) in [5.41, 5.74) is 25.0. The molecule has 68 heavy (non-hydrogen) atoms. The van der Waals surface area contributed by atoms with Gasteiger partial charge in [-0.1, -0.05) is 97.1 Å². The van der Waals surface area contributed by atoms with Crippen molar-refractivity contribution in [3.8, 4) is 0 Å². The Bertz CT molecular complexity index is 2400. The minimum atomic E-state index is -0.527. The standard InChI is InChI=1S/C50H65N13OS4/c1-8-60(9-2)47(65)56-52-42(37-23-17-15-18-24-37)44(54-58-49(67)62(12-5)13-6)39-29-27-36(28-30-39)22-21-35-63(14-7)50(68)59-55-45(40-31-33-41(34-32-40)46(51)64)43(38-25-19-16-20-26-38)53-57-48(66)61(10-3)11-4/h15-20,23-34H,8-14,21-22,35H2,1-7H3,(H2,51,64)(H,56,65)(H,57,66)(H,58,67)(H,59,68)/b52-42+,53-43+,54-44+,55-45+. The normalized spacial score (nSPS) is 11.9. The Labute approximate surface area is 424 Å². The third-order valence-electron chi connectivity index (χ3n) is 11.0. The number of benzene rings is 4. The number of aryl methyl sites for hydroxylation is 1. The number of primary amides is 1. The molecule has 0 aliphatic carbocycles. The highest BCUT2D eigenvalue weighted by molar-refractivity contribution is 7.80. The molecule has 4 aromatic carbocycles. The average Bonchev–Trinajstić information content (AvgIpc) is 3.36. The first-order valence-corrected chi connectivity index (χ1v) is 24.7. The third kappa shape index (κ3) is 16.0. The van der Waals surface area contributed by atoms with Gasteiger partial charge in [0.25, 0.3) is 0 Å². The number of nitrogens with two attached hydrogens (primary N) is 1. The fourth-order valence-electron chi connectivity index (χ4n) is 6.94. The molecular formula is C50H65N13OS4. The molecule has 0 fully saturated rings. The van der Waals surface area contributed by atoms with Crippen molar-refractivity contribution in [3.05, 3.63) is 143 Å². The van der Waals surface area contributed by atoms with E-state index < -0.39 is 5.91 Å². The topological polar surface area (TPSA) is 154 Å². The quantitative estimate of drug-likeness (QED) is 0.0301. The van der Waals surface area contributed by atoms with Crippen molar-refractivity contribution in [2.45, 2.75) is 61.3 Å². The molecule has 0 aromatic heterocycles. The van der Waals surface area contributed by atoms with E-state index in [1.54, 1.807) is 24.3 Å². The van der Waals surface area contributed by atoms with Gasteiger partial charge in [0, 0.05) is 80.2 Å². The lowest BCUT2D eigenvalue weighted by atomic mass is 9.98. The van der Waals surface area contributed by atoms with Crippen LogP contribution in [-0.4, -0.2) is 121 Å². The fraction of sp³-hybridized carbons (Fsp3) is 0.340. The second kappa shape index (κ2) is 28.9. The van der Waals surface area contributed by atoms with Gasteiger partial charge in [0.15, 0.2) is 20.4 Å². The molecular weight excluding hydrogens is 927 g/mol. The molecule has 0 radical (unpaired) electrons. The summed E-state index contributed by atoms with van der Waals surface area (Å²) in [6.07, 6.45) is 1.60. The maximum Gasteiger partial charge on any atom is 0.248 e. The molecule has 18 heteroatoms. The van der Waals surface area contributed by atoms with Crippen molar-refractivity contribution in [1.29, 1.82) is 0 Å². The zero-order valence-corrected chi connectivity index (χ0v) is 43.4. The number of nitrogens with zero attached hydrogens (tertiary/aromatic N) is 8. The highest BCUT2D eigenvalue weighted by Crippen LogP contribution is 2.15. The van der Waals surface area contributed by atoms with Crippen LogP contribution in [0.2, 0.25) is 0 Å². The number of hydrogen-bond donors (Lipinski definition) is 5. The Morgan fingerprint density at radius 1 is 0.426 bits per heavy atom. The van der Waals surface area contributed by atoms with Gasteiger partial charge < -0.3 is 25.3 Å². The van der Waals surface area contributed by atoms with Gasteiger partial charge in [-0.05, 0) is 128 Å². The minimum absolute atomic E-state index is 0.373. The number of rotatable bonds is 22. The van der Waals surface area contributed by atoms with Gasteiger partial charge in [0.1, 0.15) is 22.8 Å². The monoisotopic (exact) mass is 991 g/mol. The van der Waals surface area contributed by atoms with Gasteiger partial charge in [0.05, 0.1) is 0 Å². The molecule has 0 aliphatic rings. The number of amides is 1. The van der Waals surface area contributed by atoms with E-state index in [0.717, 1.165) is 74.4 Å². The first-order valence-electron chi connectivity index (χ1n) is 23.0. The van der Waals surface area contributed by atoms with E-state index in [4.69, 9.17) is 75.0 Å². The van der Waals surface area contributed by atoms with Crippen molar-refractivity contribution in [2.24, 2.45) is 26.1 Å². The molecule has 0 unspecified atom stereocenters. The predicted octanol–water partition coefficient (Wildman–Crippen LogP) is 7.48. The second-order valence-electron chi connectivity index (χ2n) is 15.1. The molecule has 14 nitrogen and oxygen atoms in total. The number of hydrogen-bond acceptors (Lipinski definition) is 9. The summed E-state index contributed by atoms with van der Waals surface area (Å²) in [4.78, 5) is 20.1. The molecule has 0 heterocycles. The molecule has 6 N–H and O–H groups in total. The molecule has 4 aromatic rings. The summed E-state index contributed by atoms with van der Waals surface area (Å²) in [5, 5.41) is 21.4. The van der Waals surface area contributed by atoms with Crippen LogP contribution in [0.1, 0.15) is 93.1 Å². The van der Waals surface area contributed by atoms with Gasteiger partial charge in [0.2, 0.25) is 5.91 Å². The lowest BCUT2D eigenvalue weighted by Gasteiger charge is -2.23. The zero-order chi connectivity index (χ0) is 49.4. The minimum Gasteiger partial charge on any atom is -0.366 e. The molecule has 0 saturated heterocycles. The van der Waals surface area contributed by atoms with Crippen molar-refractivity contribution >= 4 is 98.1 Å². The smallest absolute Gasteiger partial charge is 0.248 e. The van der Waals surface area contributed by atoms with Crippen LogP contribution in [0.25, 0.3) is 0 Å². The van der Waals surface area contributed by atoms with Crippen LogP contribution in [0.4, 0.5) is 0 Å². The summed E-state index contributed by atoms with van der Waals surface area (Å²) in [7, 11) is 0. The van der Waals surface area contributed by atoms with E-state index in [0.29, 0.717) is 67.5 Å². The highest BCUT2D eigenvalue weighted by Gasteiger charge is 2.20.